The Kier molecular flexibility index (Phi) is 6.53. The molecule has 5 nitrogen and oxygen atoms in total. The summed E-state index contributed by atoms with van der Waals surface area (Å²) in [6.07, 6.45) is 2.02. The summed E-state index contributed by atoms with van der Waals surface area (Å²) in [7, 11) is 0. The Hall–Kier alpha value is -1.26. The van der Waals surface area contributed by atoms with Crippen LogP contribution in [0.2, 0.25) is 0 Å². The molecule has 0 rings (SSSR count). The van der Waals surface area contributed by atoms with Gasteiger partial charge in [0, 0.05) is 12.6 Å². The van der Waals surface area contributed by atoms with Crippen LogP contribution in [0.3, 0.4) is 0 Å². The van der Waals surface area contributed by atoms with E-state index in [-0.39, 0.29) is 5.96 Å². The highest BCUT2D eigenvalue weighted by Crippen LogP contribution is 2.11. The fraction of sp³-hybridized carbons (Fsp3) is 0.818. The molecule has 0 fully saturated rings. The summed E-state index contributed by atoms with van der Waals surface area (Å²) in [5, 5.41) is 7.14. The van der Waals surface area contributed by atoms with Crippen molar-refractivity contribution in [3.05, 3.63) is 0 Å². The predicted molar refractivity (Wildman–Crippen MR) is 69.5 cm³/mol. The lowest BCUT2D eigenvalue weighted by atomic mass is 10.1. The van der Waals surface area contributed by atoms with Crippen LogP contribution in [0, 0.1) is 11.3 Å². The summed E-state index contributed by atoms with van der Waals surface area (Å²) in [5.74, 6) is 0.619. The molecule has 0 aliphatic carbocycles. The molecule has 94 valence electrons. The van der Waals surface area contributed by atoms with Crippen molar-refractivity contribution in [1.82, 2.24) is 4.90 Å². The molecule has 0 amide bonds. The van der Waals surface area contributed by atoms with Crippen molar-refractivity contribution in [3.8, 4) is 0 Å². The first-order valence-corrected chi connectivity index (χ1v) is 5.87. The van der Waals surface area contributed by atoms with Crippen LogP contribution in [0.25, 0.3) is 0 Å². The Labute approximate surface area is 98.4 Å². The Morgan fingerprint density at radius 2 is 1.75 bits per heavy atom. The second kappa shape index (κ2) is 7.09. The Morgan fingerprint density at radius 1 is 1.25 bits per heavy atom. The third-order valence-electron chi connectivity index (χ3n) is 2.47. The van der Waals surface area contributed by atoms with E-state index >= 15 is 0 Å². The minimum absolute atomic E-state index is 0.239. The van der Waals surface area contributed by atoms with Gasteiger partial charge in [-0.05, 0) is 18.8 Å². The molecule has 0 saturated heterocycles. The number of nitrogens with two attached hydrogens (primary N) is 2. The molecular formula is C11H25N5. The lowest BCUT2D eigenvalue weighted by Crippen LogP contribution is -2.46. The van der Waals surface area contributed by atoms with Crippen LogP contribution in [0.5, 0.6) is 0 Å². The van der Waals surface area contributed by atoms with Crippen LogP contribution in [-0.2, 0) is 0 Å². The Bertz CT molecular complexity index is 243. The maximum Gasteiger partial charge on any atom is 0.215 e. The molecule has 0 unspecified atom stereocenters. The van der Waals surface area contributed by atoms with Crippen LogP contribution in [0.4, 0.5) is 0 Å². The molecular weight excluding hydrogens is 202 g/mol. The Morgan fingerprint density at radius 3 is 2.06 bits per heavy atom. The van der Waals surface area contributed by atoms with Gasteiger partial charge in [-0.25, -0.2) is 0 Å². The SMILES string of the molecule is CCC(CC)N(CC(C)C)/C(N)=N/C(=N)N. The predicted octanol–water partition coefficient (Wildman–Crippen LogP) is 1.34. The number of nitrogens with zero attached hydrogens (tertiary/aromatic N) is 2. The molecule has 0 atom stereocenters. The van der Waals surface area contributed by atoms with Gasteiger partial charge in [-0.2, -0.15) is 4.99 Å². The molecule has 0 aromatic carbocycles. The third-order valence-corrected chi connectivity index (χ3v) is 2.47. The minimum atomic E-state index is -0.239. The largest absolute Gasteiger partial charge is 0.369 e. The molecule has 5 N–H and O–H groups in total. The van der Waals surface area contributed by atoms with E-state index in [0.717, 1.165) is 19.4 Å². The molecule has 0 spiro atoms. The summed E-state index contributed by atoms with van der Waals surface area (Å²) in [5.41, 5.74) is 11.1. The van der Waals surface area contributed by atoms with Crippen molar-refractivity contribution in [1.29, 1.82) is 5.41 Å². The van der Waals surface area contributed by atoms with E-state index in [9.17, 15) is 0 Å². The van der Waals surface area contributed by atoms with Gasteiger partial charge >= 0.3 is 0 Å². The van der Waals surface area contributed by atoms with Crippen molar-refractivity contribution < 1.29 is 0 Å². The quantitative estimate of drug-likeness (QED) is 0.489. The number of aliphatic imine (C=N–C) groups is 1. The zero-order valence-corrected chi connectivity index (χ0v) is 10.8. The minimum Gasteiger partial charge on any atom is -0.369 e. The molecule has 0 aliphatic heterocycles. The first kappa shape index (κ1) is 14.7. The van der Waals surface area contributed by atoms with E-state index in [0.29, 0.717) is 17.9 Å². The summed E-state index contributed by atoms with van der Waals surface area (Å²) < 4.78 is 0. The summed E-state index contributed by atoms with van der Waals surface area (Å²) in [4.78, 5) is 5.88. The van der Waals surface area contributed by atoms with E-state index in [2.05, 4.69) is 32.7 Å². The number of guanidine groups is 2. The second-order valence-corrected chi connectivity index (χ2v) is 4.37. The molecule has 0 aromatic rings. The first-order chi connectivity index (χ1) is 7.42. The van der Waals surface area contributed by atoms with E-state index < -0.39 is 0 Å². The fourth-order valence-corrected chi connectivity index (χ4v) is 1.74. The second-order valence-electron chi connectivity index (χ2n) is 4.37. The first-order valence-electron chi connectivity index (χ1n) is 5.87. The van der Waals surface area contributed by atoms with Crippen LogP contribution in [0.15, 0.2) is 4.99 Å². The average molecular weight is 227 g/mol. The van der Waals surface area contributed by atoms with Crippen molar-refractivity contribution in [2.45, 2.75) is 46.6 Å². The van der Waals surface area contributed by atoms with Crippen molar-refractivity contribution in [2.24, 2.45) is 22.4 Å². The molecule has 16 heavy (non-hydrogen) atoms. The molecule has 0 bridgehead atoms. The van der Waals surface area contributed by atoms with Gasteiger partial charge in [0.25, 0.3) is 0 Å². The summed E-state index contributed by atoms with van der Waals surface area (Å²) >= 11 is 0. The number of hydrogen-bond acceptors (Lipinski definition) is 1. The van der Waals surface area contributed by atoms with Gasteiger partial charge in [-0.15, -0.1) is 0 Å². The zero-order valence-electron chi connectivity index (χ0n) is 10.8. The highest BCUT2D eigenvalue weighted by molar-refractivity contribution is 5.91. The van der Waals surface area contributed by atoms with Crippen molar-refractivity contribution >= 4 is 11.9 Å². The van der Waals surface area contributed by atoms with Crippen LogP contribution in [-0.4, -0.2) is 29.4 Å². The monoisotopic (exact) mass is 227 g/mol. The molecule has 0 aliphatic rings. The number of nitrogens with one attached hydrogen (secondary N) is 1. The smallest absolute Gasteiger partial charge is 0.215 e. The van der Waals surface area contributed by atoms with Crippen molar-refractivity contribution in [2.75, 3.05) is 6.54 Å². The van der Waals surface area contributed by atoms with Gasteiger partial charge in [-0.1, -0.05) is 27.7 Å². The van der Waals surface area contributed by atoms with Gasteiger partial charge in [0.15, 0.2) is 5.96 Å². The molecule has 5 heteroatoms. The van der Waals surface area contributed by atoms with E-state index in [1.807, 2.05) is 4.90 Å². The van der Waals surface area contributed by atoms with Crippen molar-refractivity contribution in [3.63, 3.8) is 0 Å². The molecule has 0 saturated carbocycles. The van der Waals surface area contributed by atoms with E-state index in [1.54, 1.807) is 0 Å². The van der Waals surface area contributed by atoms with E-state index in [4.69, 9.17) is 16.9 Å². The van der Waals surface area contributed by atoms with Gasteiger partial charge in [0.1, 0.15) is 0 Å². The fourth-order valence-electron chi connectivity index (χ4n) is 1.74. The van der Waals surface area contributed by atoms with Crippen LogP contribution >= 0.6 is 0 Å². The highest BCUT2D eigenvalue weighted by Gasteiger charge is 2.18. The Balaban J connectivity index is 4.84. The molecule has 0 aromatic heterocycles. The topological polar surface area (TPSA) is 91.5 Å². The van der Waals surface area contributed by atoms with Crippen LogP contribution < -0.4 is 11.5 Å². The number of hydrogen-bond donors (Lipinski definition) is 3. The summed E-state index contributed by atoms with van der Waals surface area (Å²) in [6, 6.07) is 0.366. The van der Waals surface area contributed by atoms with Gasteiger partial charge in [-0.3, -0.25) is 5.41 Å². The molecule has 0 heterocycles. The normalized spacial score (nSPS) is 12.2. The van der Waals surface area contributed by atoms with Gasteiger partial charge in [0.05, 0.1) is 0 Å². The average Bonchev–Trinajstić information content (AvgIpc) is 2.16. The maximum absolute atomic E-state index is 7.14. The molecule has 0 radical (unpaired) electrons. The standard InChI is InChI=1S/C11H25N5/c1-5-9(6-2)16(7-8(3)4)11(14)15-10(12)13/h8-9H,5-7H2,1-4H3,(H5,12,13,14,15). The highest BCUT2D eigenvalue weighted by atomic mass is 15.3. The summed E-state index contributed by atoms with van der Waals surface area (Å²) in [6.45, 7) is 9.37. The zero-order chi connectivity index (χ0) is 12.7. The van der Waals surface area contributed by atoms with Gasteiger partial charge < -0.3 is 16.4 Å². The lowest BCUT2D eigenvalue weighted by Gasteiger charge is -2.32. The van der Waals surface area contributed by atoms with Gasteiger partial charge in [0.2, 0.25) is 5.96 Å². The van der Waals surface area contributed by atoms with Crippen LogP contribution in [0.1, 0.15) is 40.5 Å². The van der Waals surface area contributed by atoms with E-state index in [1.165, 1.54) is 0 Å². The number of rotatable bonds is 5. The maximum atomic E-state index is 7.14. The third kappa shape index (κ3) is 5.00. The lowest BCUT2D eigenvalue weighted by molar-refractivity contribution is 0.264.